The molecular weight excluding hydrogens is 256 g/mol. The molecule has 0 unspecified atom stereocenters. The van der Waals surface area contributed by atoms with Crippen molar-refractivity contribution in [3.63, 3.8) is 0 Å². The van der Waals surface area contributed by atoms with Crippen molar-refractivity contribution in [1.29, 1.82) is 0 Å². The first kappa shape index (κ1) is 13.9. The normalized spacial score (nSPS) is 10.1. The average molecular weight is 272 g/mol. The Morgan fingerprint density at radius 1 is 1.25 bits per heavy atom. The van der Waals surface area contributed by atoms with Gasteiger partial charge < -0.3 is 10.1 Å². The molecule has 0 bridgehead atoms. The molecule has 5 heteroatoms. The molecule has 0 aromatic heterocycles. The van der Waals surface area contributed by atoms with Gasteiger partial charge in [-0.2, -0.15) is 0 Å². The van der Waals surface area contributed by atoms with Crippen LogP contribution < -0.4 is 10.1 Å². The van der Waals surface area contributed by atoms with Crippen molar-refractivity contribution in [3.8, 4) is 5.75 Å². The lowest BCUT2D eigenvalue weighted by atomic mass is 10.1. The number of anilines is 1. The zero-order valence-electron chi connectivity index (χ0n) is 11.4. The van der Waals surface area contributed by atoms with E-state index in [1.807, 2.05) is 30.3 Å². The first-order valence-electron chi connectivity index (χ1n) is 6.22. The number of ether oxygens (including phenoxy) is 1. The molecule has 5 nitrogen and oxygen atoms in total. The van der Waals surface area contributed by atoms with Crippen molar-refractivity contribution in [2.24, 2.45) is 0 Å². The molecule has 2 aromatic carbocycles. The van der Waals surface area contributed by atoms with E-state index in [9.17, 15) is 10.1 Å². The topological polar surface area (TPSA) is 64.4 Å². The third-order valence-electron chi connectivity index (χ3n) is 3.04. The smallest absolute Gasteiger partial charge is 0.272 e. The first-order chi connectivity index (χ1) is 9.60. The van der Waals surface area contributed by atoms with E-state index in [0.717, 1.165) is 17.0 Å². The summed E-state index contributed by atoms with van der Waals surface area (Å²) in [4.78, 5) is 10.5. The molecule has 0 saturated heterocycles. The van der Waals surface area contributed by atoms with Crippen LogP contribution in [0.5, 0.6) is 5.75 Å². The molecule has 0 heterocycles. The number of aryl methyl sites for hydroxylation is 1. The Labute approximate surface area is 117 Å². The van der Waals surface area contributed by atoms with Crippen LogP contribution in [0.3, 0.4) is 0 Å². The van der Waals surface area contributed by atoms with Crippen molar-refractivity contribution >= 4 is 11.4 Å². The minimum atomic E-state index is -0.357. The van der Waals surface area contributed by atoms with Gasteiger partial charge in [0, 0.05) is 29.9 Å². The Bertz CT molecular complexity index is 626. The number of rotatable bonds is 5. The summed E-state index contributed by atoms with van der Waals surface area (Å²) in [7, 11) is 1.61. The quantitative estimate of drug-likeness (QED) is 0.668. The minimum Gasteiger partial charge on any atom is -0.497 e. The Hall–Kier alpha value is -2.56. The highest BCUT2D eigenvalue weighted by molar-refractivity contribution is 5.49. The Balaban J connectivity index is 2.10. The van der Waals surface area contributed by atoms with Gasteiger partial charge in [-0.05, 0) is 24.6 Å². The number of methoxy groups -OCH3 is 1. The van der Waals surface area contributed by atoms with Gasteiger partial charge in [0.2, 0.25) is 0 Å². The lowest BCUT2D eigenvalue weighted by Gasteiger charge is -2.08. The van der Waals surface area contributed by atoms with E-state index in [1.54, 1.807) is 26.2 Å². The highest BCUT2D eigenvalue weighted by Crippen LogP contribution is 2.21. The number of hydrogen-bond acceptors (Lipinski definition) is 4. The second kappa shape index (κ2) is 6.06. The lowest BCUT2D eigenvalue weighted by molar-refractivity contribution is -0.385. The summed E-state index contributed by atoms with van der Waals surface area (Å²) < 4.78 is 5.14. The third-order valence-corrected chi connectivity index (χ3v) is 3.04. The molecular formula is C15H16N2O3. The molecule has 2 aromatic rings. The van der Waals surface area contributed by atoms with Gasteiger partial charge in [-0.25, -0.2) is 0 Å². The van der Waals surface area contributed by atoms with E-state index in [1.165, 1.54) is 0 Å². The molecule has 104 valence electrons. The summed E-state index contributed by atoms with van der Waals surface area (Å²) >= 11 is 0. The zero-order chi connectivity index (χ0) is 14.5. The van der Waals surface area contributed by atoms with E-state index in [4.69, 9.17) is 4.74 Å². The molecule has 0 amide bonds. The van der Waals surface area contributed by atoms with E-state index in [2.05, 4.69) is 5.32 Å². The van der Waals surface area contributed by atoms with Gasteiger partial charge in [0.25, 0.3) is 5.69 Å². The van der Waals surface area contributed by atoms with Crippen molar-refractivity contribution in [3.05, 3.63) is 63.7 Å². The van der Waals surface area contributed by atoms with E-state index in [0.29, 0.717) is 12.1 Å². The van der Waals surface area contributed by atoms with Gasteiger partial charge in [-0.3, -0.25) is 10.1 Å². The van der Waals surface area contributed by atoms with Gasteiger partial charge in [0.05, 0.1) is 12.0 Å². The second-order valence-electron chi connectivity index (χ2n) is 4.46. The third kappa shape index (κ3) is 3.26. The van der Waals surface area contributed by atoms with Gasteiger partial charge in [-0.15, -0.1) is 0 Å². The van der Waals surface area contributed by atoms with Crippen molar-refractivity contribution in [2.45, 2.75) is 13.5 Å². The fraction of sp³-hybridized carbons (Fsp3) is 0.200. The molecule has 0 radical (unpaired) electrons. The zero-order valence-corrected chi connectivity index (χ0v) is 11.4. The summed E-state index contributed by atoms with van der Waals surface area (Å²) in [6.07, 6.45) is 0. The molecule has 0 aliphatic rings. The molecule has 0 aliphatic carbocycles. The molecule has 0 atom stereocenters. The monoisotopic (exact) mass is 272 g/mol. The lowest BCUT2D eigenvalue weighted by Crippen LogP contribution is -2.01. The maximum absolute atomic E-state index is 10.9. The molecule has 20 heavy (non-hydrogen) atoms. The van der Waals surface area contributed by atoms with Crippen LogP contribution in [0.15, 0.2) is 42.5 Å². The highest BCUT2D eigenvalue weighted by Gasteiger charge is 2.10. The van der Waals surface area contributed by atoms with Crippen LogP contribution in [0, 0.1) is 17.0 Å². The SMILES string of the molecule is COc1cccc(NCc2ccc(C)c([N+](=O)[O-])c2)c1. The van der Waals surface area contributed by atoms with Crippen LogP contribution in [-0.4, -0.2) is 12.0 Å². The van der Waals surface area contributed by atoms with Gasteiger partial charge in [0.15, 0.2) is 0 Å². The van der Waals surface area contributed by atoms with Crippen molar-refractivity contribution < 1.29 is 9.66 Å². The Morgan fingerprint density at radius 2 is 2.05 bits per heavy atom. The number of nitro benzene ring substituents is 1. The number of nitro groups is 1. The molecule has 0 fully saturated rings. The second-order valence-corrected chi connectivity index (χ2v) is 4.46. The molecule has 0 spiro atoms. The number of nitrogens with one attached hydrogen (secondary N) is 1. The van der Waals surface area contributed by atoms with Crippen molar-refractivity contribution in [2.75, 3.05) is 12.4 Å². The Kier molecular flexibility index (Phi) is 4.20. The average Bonchev–Trinajstić information content (AvgIpc) is 2.46. The standard InChI is InChI=1S/C15H16N2O3/c1-11-6-7-12(8-15(11)17(18)19)10-16-13-4-3-5-14(9-13)20-2/h3-9,16H,10H2,1-2H3. The fourth-order valence-corrected chi connectivity index (χ4v) is 1.90. The van der Waals surface area contributed by atoms with E-state index >= 15 is 0 Å². The van der Waals surface area contributed by atoms with Crippen LogP contribution in [0.2, 0.25) is 0 Å². The number of hydrogen-bond donors (Lipinski definition) is 1. The van der Waals surface area contributed by atoms with Crippen LogP contribution in [-0.2, 0) is 6.54 Å². The number of nitrogens with zero attached hydrogens (tertiary/aromatic N) is 1. The van der Waals surface area contributed by atoms with E-state index < -0.39 is 0 Å². The highest BCUT2D eigenvalue weighted by atomic mass is 16.6. The van der Waals surface area contributed by atoms with Crippen LogP contribution in [0.4, 0.5) is 11.4 Å². The van der Waals surface area contributed by atoms with Crippen LogP contribution >= 0.6 is 0 Å². The van der Waals surface area contributed by atoms with Gasteiger partial charge in [-0.1, -0.05) is 18.2 Å². The van der Waals surface area contributed by atoms with Crippen molar-refractivity contribution in [1.82, 2.24) is 0 Å². The first-order valence-corrected chi connectivity index (χ1v) is 6.22. The number of benzene rings is 2. The fourth-order valence-electron chi connectivity index (χ4n) is 1.90. The predicted molar refractivity (Wildman–Crippen MR) is 78.2 cm³/mol. The summed E-state index contributed by atoms with van der Waals surface area (Å²) in [5.41, 5.74) is 2.59. The summed E-state index contributed by atoms with van der Waals surface area (Å²) in [5.74, 6) is 0.768. The molecule has 0 saturated carbocycles. The summed E-state index contributed by atoms with van der Waals surface area (Å²) in [6.45, 7) is 2.26. The van der Waals surface area contributed by atoms with Gasteiger partial charge in [0.1, 0.15) is 5.75 Å². The summed E-state index contributed by atoms with van der Waals surface area (Å²) in [6, 6.07) is 12.8. The largest absolute Gasteiger partial charge is 0.497 e. The Morgan fingerprint density at radius 3 is 2.75 bits per heavy atom. The van der Waals surface area contributed by atoms with E-state index in [-0.39, 0.29) is 10.6 Å². The predicted octanol–water partition coefficient (Wildman–Crippen LogP) is 3.52. The van der Waals surface area contributed by atoms with Gasteiger partial charge >= 0.3 is 0 Å². The summed E-state index contributed by atoms with van der Waals surface area (Å²) in [5, 5.41) is 14.1. The molecule has 0 aliphatic heterocycles. The van der Waals surface area contributed by atoms with Crippen LogP contribution in [0.25, 0.3) is 0 Å². The molecule has 1 N–H and O–H groups in total. The maximum atomic E-state index is 10.9. The van der Waals surface area contributed by atoms with Crippen LogP contribution in [0.1, 0.15) is 11.1 Å². The molecule has 2 rings (SSSR count). The minimum absolute atomic E-state index is 0.148. The maximum Gasteiger partial charge on any atom is 0.272 e.